The molecule has 2 N–H and O–H groups in total. The number of nitrogens with two attached hydrogens (primary N) is 1. The standard InChI is InChI=1S/C12H21NOS/c1-4-12(5-2,14-3)11(13)8-10-6-7-15-9-10/h6-7,9,11H,4-5,8,13H2,1-3H3. The summed E-state index contributed by atoms with van der Waals surface area (Å²) in [5.74, 6) is 0. The highest BCUT2D eigenvalue weighted by molar-refractivity contribution is 7.07. The summed E-state index contributed by atoms with van der Waals surface area (Å²) in [6.07, 6.45) is 2.83. The summed E-state index contributed by atoms with van der Waals surface area (Å²) < 4.78 is 5.63. The van der Waals surface area contributed by atoms with E-state index in [-0.39, 0.29) is 11.6 Å². The second kappa shape index (κ2) is 5.64. The number of rotatable bonds is 6. The van der Waals surface area contributed by atoms with Gasteiger partial charge >= 0.3 is 0 Å². The van der Waals surface area contributed by atoms with Gasteiger partial charge in [-0.2, -0.15) is 11.3 Å². The Bertz CT molecular complexity index is 259. The van der Waals surface area contributed by atoms with Gasteiger partial charge in [0.05, 0.1) is 5.60 Å². The summed E-state index contributed by atoms with van der Waals surface area (Å²) in [7, 11) is 1.76. The molecule has 0 amide bonds. The van der Waals surface area contributed by atoms with E-state index in [2.05, 4.69) is 30.7 Å². The molecule has 1 aromatic rings. The second-order valence-electron chi connectivity index (χ2n) is 3.92. The molecular weight excluding hydrogens is 206 g/mol. The van der Waals surface area contributed by atoms with Gasteiger partial charge in [-0.1, -0.05) is 13.8 Å². The van der Waals surface area contributed by atoms with Crippen LogP contribution in [0.2, 0.25) is 0 Å². The molecule has 1 rings (SSSR count). The van der Waals surface area contributed by atoms with Crippen molar-refractivity contribution in [3.63, 3.8) is 0 Å². The molecule has 2 nitrogen and oxygen atoms in total. The fourth-order valence-electron chi connectivity index (χ4n) is 2.06. The molecular formula is C12H21NOS. The normalized spacial score (nSPS) is 14.1. The molecule has 0 aromatic carbocycles. The van der Waals surface area contributed by atoms with Gasteiger partial charge in [-0.25, -0.2) is 0 Å². The van der Waals surface area contributed by atoms with Gasteiger partial charge in [0, 0.05) is 13.2 Å². The van der Waals surface area contributed by atoms with Crippen LogP contribution in [-0.2, 0) is 11.2 Å². The molecule has 0 saturated heterocycles. The third-order valence-electron chi connectivity index (χ3n) is 3.31. The van der Waals surface area contributed by atoms with Gasteiger partial charge in [-0.05, 0) is 41.7 Å². The highest BCUT2D eigenvalue weighted by Gasteiger charge is 2.33. The average molecular weight is 227 g/mol. The summed E-state index contributed by atoms with van der Waals surface area (Å²) in [5.41, 5.74) is 7.41. The zero-order valence-electron chi connectivity index (χ0n) is 9.82. The lowest BCUT2D eigenvalue weighted by molar-refractivity contribution is -0.0374. The lowest BCUT2D eigenvalue weighted by atomic mass is 9.85. The van der Waals surface area contributed by atoms with E-state index in [1.807, 2.05) is 0 Å². The Morgan fingerprint density at radius 1 is 1.47 bits per heavy atom. The van der Waals surface area contributed by atoms with Crippen LogP contribution < -0.4 is 5.73 Å². The fraction of sp³-hybridized carbons (Fsp3) is 0.667. The van der Waals surface area contributed by atoms with Crippen LogP contribution in [0.15, 0.2) is 16.8 Å². The van der Waals surface area contributed by atoms with Crippen molar-refractivity contribution in [3.8, 4) is 0 Å². The van der Waals surface area contributed by atoms with Crippen LogP contribution in [-0.4, -0.2) is 18.8 Å². The maximum absolute atomic E-state index is 6.26. The van der Waals surface area contributed by atoms with Crippen molar-refractivity contribution in [3.05, 3.63) is 22.4 Å². The molecule has 1 atom stereocenters. The third-order valence-corrected chi connectivity index (χ3v) is 4.05. The summed E-state index contributed by atoms with van der Waals surface area (Å²) in [5, 5.41) is 4.25. The molecule has 0 spiro atoms. The average Bonchev–Trinajstić information content (AvgIpc) is 2.74. The monoisotopic (exact) mass is 227 g/mol. The van der Waals surface area contributed by atoms with Crippen molar-refractivity contribution in [1.29, 1.82) is 0 Å². The van der Waals surface area contributed by atoms with Crippen LogP contribution in [0.5, 0.6) is 0 Å². The predicted octanol–water partition coefficient (Wildman–Crippen LogP) is 2.82. The Hall–Kier alpha value is -0.380. The van der Waals surface area contributed by atoms with Crippen molar-refractivity contribution in [2.75, 3.05) is 7.11 Å². The van der Waals surface area contributed by atoms with E-state index in [0.717, 1.165) is 19.3 Å². The summed E-state index contributed by atoms with van der Waals surface area (Å²) in [6, 6.07) is 2.21. The first-order valence-electron chi connectivity index (χ1n) is 5.50. The molecule has 3 heteroatoms. The summed E-state index contributed by atoms with van der Waals surface area (Å²) >= 11 is 1.72. The SMILES string of the molecule is CCC(CC)(OC)C(N)Cc1ccsc1. The molecule has 0 fully saturated rings. The maximum atomic E-state index is 6.26. The number of thiophene rings is 1. The molecule has 15 heavy (non-hydrogen) atoms. The van der Waals surface area contributed by atoms with Gasteiger partial charge in [-0.3, -0.25) is 0 Å². The lowest BCUT2D eigenvalue weighted by Gasteiger charge is -2.36. The van der Waals surface area contributed by atoms with Crippen molar-refractivity contribution < 1.29 is 4.74 Å². The van der Waals surface area contributed by atoms with Crippen LogP contribution >= 0.6 is 11.3 Å². The first kappa shape index (κ1) is 12.7. The minimum Gasteiger partial charge on any atom is -0.377 e. The first-order valence-corrected chi connectivity index (χ1v) is 6.44. The van der Waals surface area contributed by atoms with Crippen molar-refractivity contribution in [1.82, 2.24) is 0 Å². The number of hydrogen-bond acceptors (Lipinski definition) is 3. The second-order valence-corrected chi connectivity index (χ2v) is 4.70. The van der Waals surface area contributed by atoms with Crippen molar-refractivity contribution >= 4 is 11.3 Å². The van der Waals surface area contributed by atoms with Gasteiger partial charge in [0.2, 0.25) is 0 Å². The topological polar surface area (TPSA) is 35.2 Å². The molecule has 0 saturated carbocycles. The van der Waals surface area contributed by atoms with Crippen molar-refractivity contribution in [2.45, 2.75) is 44.8 Å². The maximum Gasteiger partial charge on any atom is 0.0826 e. The van der Waals surface area contributed by atoms with Crippen LogP contribution in [0.25, 0.3) is 0 Å². The van der Waals surface area contributed by atoms with Gasteiger partial charge in [0.15, 0.2) is 0 Å². The number of hydrogen-bond donors (Lipinski definition) is 1. The van der Waals surface area contributed by atoms with E-state index in [1.165, 1.54) is 5.56 Å². The highest BCUT2D eigenvalue weighted by Crippen LogP contribution is 2.25. The minimum absolute atomic E-state index is 0.0760. The lowest BCUT2D eigenvalue weighted by Crippen LogP contribution is -2.49. The van der Waals surface area contributed by atoms with E-state index in [9.17, 15) is 0 Å². The molecule has 0 radical (unpaired) electrons. The Morgan fingerprint density at radius 3 is 2.53 bits per heavy atom. The quantitative estimate of drug-likeness (QED) is 0.811. The van der Waals surface area contributed by atoms with Gasteiger partial charge in [0.25, 0.3) is 0 Å². The summed E-state index contributed by atoms with van der Waals surface area (Å²) in [4.78, 5) is 0. The van der Waals surface area contributed by atoms with E-state index >= 15 is 0 Å². The van der Waals surface area contributed by atoms with Gasteiger partial charge < -0.3 is 10.5 Å². The van der Waals surface area contributed by atoms with Crippen LogP contribution in [0.1, 0.15) is 32.3 Å². The number of methoxy groups -OCH3 is 1. The predicted molar refractivity (Wildman–Crippen MR) is 66.3 cm³/mol. The Balaban J connectivity index is 2.68. The van der Waals surface area contributed by atoms with E-state index in [1.54, 1.807) is 18.4 Å². The van der Waals surface area contributed by atoms with Crippen LogP contribution in [0.3, 0.4) is 0 Å². The zero-order chi connectivity index (χ0) is 11.3. The fourth-order valence-corrected chi connectivity index (χ4v) is 2.74. The van der Waals surface area contributed by atoms with Crippen LogP contribution in [0, 0.1) is 0 Å². The zero-order valence-corrected chi connectivity index (χ0v) is 10.6. The Kier molecular flexibility index (Phi) is 4.77. The highest BCUT2D eigenvalue weighted by atomic mass is 32.1. The molecule has 0 bridgehead atoms. The van der Waals surface area contributed by atoms with Crippen LogP contribution in [0.4, 0.5) is 0 Å². The summed E-state index contributed by atoms with van der Waals surface area (Å²) in [6.45, 7) is 4.28. The molecule has 1 heterocycles. The van der Waals surface area contributed by atoms with E-state index in [0.29, 0.717) is 0 Å². The molecule has 0 aliphatic heterocycles. The molecule has 1 unspecified atom stereocenters. The minimum atomic E-state index is -0.165. The van der Waals surface area contributed by atoms with Gasteiger partial charge in [-0.15, -0.1) is 0 Å². The van der Waals surface area contributed by atoms with E-state index in [4.69, 9.17) is 10.5 Å². The first-order chi connectivity index (χ1) is 7.18. The van der Waals surface area contributed by atoms with E-state index < -0.39 is 0 Å². The van der Waals surface area contributed by atoms with Crippen molar-refractivity contribution in [2.24, 2.45) is 5.73 Å². The third kappa shape index (κ3) is 2.80. The molecule has 0 aliphatic carbocycles. The molecule has 86 valence electrons. The molecule has 0 aliphatic rings. The largest absolute Gasteiger partial charge is 0.377 e. The smallest absolute Gasteiger partial charge is 0.0826 e. The Labute approximate surface area is 96.4 Å². The Morgan fingerprint density at radius 2 is 2.13 bits per heavy atom. The number of ether oxygens (including phenoxy) is 1. The van der Waals surface area contributed by atoms with Gasteiger partial charge in [0.1, 0.15) is 0 Å². The molecule has 1 aromatic heterocycles.